The lowest BCUT2D eigenvalue weighted by molar-refractivity contribution is 0.296. The first-order valence-corrected chi connectivity index (χ1v) is 8.60. The van der Waals surface area contributed by atoms with Crippen LogP contribution in [0, 0.1) is 0 Å². The van der Waals surface area contributed by atoms with E-state index in [2.05, 4.69) is 30.1 Å². The van der Waals surface area contributed by atoms with Crippen LogP contribution in [-0.4, -0.2) is 26.9 Å². The minimum atomic E-state index is 0.472. The number of hydrogen-bond donors (Lipinski definition) is 1. The normalized spacial score (nSPS) is 10.3. The lowest BCUT2D eigenvalue weighted by atomic mass is 10.1. The molecule has 4 nitrogen and oxygen atoms in total. The molecule has 1 N–H and O–H groups in total. The number of benzene rings is 2. The summed E-state index contributed by atoms with van der Waals surface area (Å²) >= 11 is 0. The van der Waals surface area contributed by atoms with Crippen LogP contribution in [-0.2, 0) is 13.0 Å². The molecule has 4 heteroatoms. The van der Waals surface area contributed by atoms with Gasteiger partial charge in [0.1, 0.15) is 12.4 Å². The Labute approximate surface area is 150 Å². The summed E-state index contributed by atoms with van der Waals surface area (Å²) < 4.78 is 16.5. The van der Waals surface area contributed by atoms with Crippen molar-refractivity contribution in [3.63, 3.8) is 0 Å². The molecule has 0 saturated carbocycles. The minimum Gasteiger partial charge on any atom is -0.497 e. The summed E-state index contributed by atoms with van der Waals surface area (Å²) in [5.41, 5.74) is 2.46. The van der Waals surface area contributed by atoms with Gasteiger partial charge in [0, 0.05) is 6.54 Å². The molecule has 25 heavy (non-hydrogen) atoms. The van der Waals surface area contributed by atoms with Crippen LogP contribution in [0.5, 0.6) is 17.2 Å². The maximum atomic E-state index is 5.67. The fraction of sp³-hybridized carbons (Fsp3) is 0.333. The lowest BCUT2D eigenvalue weighted by Crippen LogP contribution is -2.16. The monoisotopic (exact) mass is 341 g/mol. The highest BCUT2D eigenvalue weighted by Crippen LogP contribution is 2.28. The standard InChI is InChI=1S/C21H27NO3/c1-4-14-25-20-11-8-18(15-21(20)24-5-2)16-22-13-12-17-6-9-19(23-3)10-7-17/h4,6-11,15,22H,1,5,12-14,16H2,2-3H3. The van der Waals surface area contributed by atoms with E-state index in [4.69, 9.17) is 14.2 Å². The second-order valence-corrected chi connectivity index (χ2v) is 5.59. The van der Waals surface area contributed by atoms with Crippen LogP contribution in [0.4, 0.5) is 0 Å². The molecule has 0 aliphatic carbocycles. The van der Waals surface area contributed by atoms with E-state index in [1.165, 1.54) is 11.1 Å². The number of methoxy groups -OCH3 is 1. The summed E-state index contributed by atoms with van der Waals surface area (Å²) in [6.45, 7) is 8.42. The average Bonchev–Trinajstić information content (AvgIpc) is 2.65. The Balaban J connectivity index is 1.84. The topological polar surface area (TPSA) is 39.7 Å². The van der Waals surface area contributed by atoms with E-state index < -0.39 is 0 Å². The van der Waals surface area contributed by atoms with Gasteiger partial charge in [-0.2, -0.15) is 0 Å². The maximum absolute atomic E-state index is 5.67. The Hall–Kier alpha value is -2.46. The Morgan fingerprint density at radius 1 is 1.00 bits per heavy atom. The molecule has 2 aromatic carbocycles. The number of ether oxygens (including phenoxy) is 3. The van der Waals surface area contributed by atoms with Gasteiger partial charge >= 0.3 is 0 Å². The molecule has 0 radical (unpaired) electrons. The molecular weight excluding hydrogens is 314 g/mol. The van der Waals surface area contributed by atoms with Gasteiger partial charge in [0.25, 0.3) is 0 Å². The van der Waals surface area contributed by atoms with Crippen LogP contribution in [0.2, 0.25) is 0 Å². The zero-order chi connectivity index (χ0) is 17.9. The van der Waals surface area contributed by atoms with Crippen molar-refractivity contribution in [1.82, 2.24) is 5.32 Å². The Bertz CT molecular complexity index is 653. The van der Waals surface area contributed by atoms with Gasteiger partial charge in [-0.05, 0) is 55.3 Å². The summed E-state index contributed by atoms with van der Waals surface area (Å²) in [7, 11) is 1.68. The zero-order valence-corrected chi connectivity index (χ0v) is 15.1. The van der Waals surface area contributed by atoms with E-state index in [1.54, 1.807) is 13.2 Å². The van der Waals surface area contributed by atoms with E-state index >= 15 is 0 Å². The molecule has 0 aliphatic rings. The summed E-state index contributed by atoms with van der Waals surface area (Å²) in [5.74, 6) is 2.42. The summed E-state index contributed by atoms with van der Waals surface area (Å²) in [6.07, 6.45) is 2.70. The van der Waals surface area contributed by atoms with Crippen LogP contribution in [0.3, 0.4) is 0 Å². The van der Waals surface area contributed by atoms with Crippen molar-refractivity contribution >= 4 is 0 Å². The van der Waals surface area contributed by atoms with Crippen molar-refractivity contribution in [2.45, 2.75) is 19.9 Å². The van der Waals surface area contributed by atoms with Crippen molar-refractivity contribution < 1.29 is 14.2 Å². The molecule has 0 spiro atoms. The molecule has 2 aromatic rings. The van der Waals surface area contributed by atoms with Crippen LogP contribution in [0.15, 0.2) is 55.1 Å². The van der Waals surface area contributed by atoms with E-state index in [0.717, 1.165) is 36.8 Å². The second-order valence-electron chi connectivity index (χ2n) is 5.59. The third-order valence-corrected chi connectivity index (χ3v) is 3.74. The van der Waals surface area contributed by atoms with Gasteiger partial charge in [0.15, 0.2) is 11.5 Å². The average molecular weight is 341 g/mol. The van der Waals surface area contributed by atoms with Crippen molar-refractivity contribution in [2.24, 2.45) is 0 Å². The third kappa shape index (κ3) is 6.16. The Kier molecular flexibility index (Phi) is 7.86. The molecule has 0 saturated heterocycles. The first kappa shape index (κ1) is 18.9. The van der Waals surface area contributed by atoms with Crippen LogP contribution < -0.4 is 19.5 Å². The van der Waals surface area contributed by atoms with Crippen molar-refractivity contribution in [3.8, 4) is 17.2 Å². The van der Waals surface area contributed by atoms with Crippen molar-refractivity contribution in [3.05, 3.63) is 66.2 Å². The van der Waals surface area contributed by atoms with Gasteiger partial charge in [0.2, 0.25) is 0 Å². The van der Waals surface area contributed by atoms with E-state index in [0.29, 0.717) is 13.2 Å². The zero-order valence-electron chi connectivity index (χ0n) is 15.1. The van der Waals surface area contributed by atoms with E-state index in [-0.39, 0.29) is 0 Å². The highest BCUT2D eigenvalue weighted by atomic mass is 16.5. The highest BCUT2D eigenvalue weighted by molar-refractivity contribution is 5.43. The quantitative estimate of drug-likeness (QED) is 0.495. The fourth-order valence-corrected chi connectivity index (χ4v) is 2.46. The molecule has 0 fully saturated rings. The van der Waals surface area contributed by atoms with Gasteiger partial charge in [0.05, 0.1) is 13.7 Å². The molecule has 0 unspecified atom stereocenters. The molecule has 0 heterocycles. The van der Waals surface area contributed by atoms with Crippen LogP contribution in [0.1, 0.15) is 18.1 Å². The third-order valence-electron chi connectivity index (χ3n) is 3.74. The molecular formula is C21H27NO3. The SMILES string of the molecule is C=CCOc1ccc(CNCCc2ccc(OC)cc2)cc1OCC. The van der Waals surface area contributed by atoms with Crippen LogP contribution >= 0.6 is 0 Å². The molecule has 0 aliphatic heterocycles. The van der Waals surface area contributed by atoms with Gasteiger partial charge in [-0.25, -0.2) is 0 Å². The van der Waals surface area contributed by atoms with E-state index in [1.807, 2.05) is 31.2 Å². The van der Waals surface area contributed by atoms with Crippen LogP contribution in [0.25, 0.3) is 0 Å². The number of hydrogen-bond acceptors (Lipinski definition) is 4. The molecule has 0 bridgehead atoms. The first-order chi connectivity index (χ1) is 12.3. The molecule has 134 valence electrons. The Morgan fingerprint density at radius 3 is 2.44 bits per heavy atom. The number of nitrogens with one attached hydrogen (secondary N) is 1. The first-order valence-electron chi connectivity index (χ1n) is 8.60. The smallest absolute Gasteiger partial charge is 0.161 e. The van der Waals surface area contributed by atoms with Crippen molar-refractivity contribution in [1.29, 1.82) is 0 Å². The summed E-state index contributed by atoms with van der Waals surface area (Å²) in [5, 5.41) is 3.47. The summed E-state index contributed by atoms with van der Waals surface area (Å²) in [6, 6.07) is 14.2. The largest absolute Gasteiger partial charge is 0.497 e. The van der Waals surface area contributed by atoms with E-state index in [9.17, 15) is 0 Å². The second kappa shape index (κ2) is 10.4. The Morgan fingerprint density at radius 2 is 1.76 bits per heavy atom. The van der Waals surface area contributed by atoms with Gasteiger partial charge in [-0.15, -0.1) is 0 Å². The minimum absolute atomic E-state index is 0.472. The predicted octanol–water partition coefficient (Wildman–Crippen LogP) is 3.99. The summed E-state index contributed by atoms with van der Waals surface area (Å²) in [4.78, 5) is 0. The van der Waals surface area contributed by atoms with Gasteiger partial charge < -0.3 is 19.5 Å². The number of rotatable bonds is 11. The van der Waals surface area contributed by atoms with Gasteiger partial charge in [-0.3, -0.25) is 0 Å². The molecule has 0 amide bonds. The molecule has 0 aromatic heterocycles. The molecule has 0 atom stereocenters. The maximum Gasteiger partial charge on any atom is 0.161 e. The predicted molar refractivity (Wildman–Crippen MR) is 102 cm³/mol. The lowest BCUT2D eigenvalue weighted by Gasteiger charge is -2.13. The van der Waals surface area contributed by atoms with Crippen molar-refractivity contribution in [2.75, 3.05) is 26.9 Å². The fourth-order valence-electron chi connectivity index (χ4n) is 2.46. The molecule has 2 rings (SSSR count). The highest BCUT2D eigenvalue weighted by Gasteiger charge is 2.06. The van der Waals surface area contributed by atoms with Gasteiger partial charge in [-0.1, -0.05) is 30.9 Å².